The lowest BCUT2D eigenvalue weighted by Gasteiger charge is -2.10. The number of rotatable bonds is 4. The maximum atomic E-state index is 6.25. The van der Waals surface area contributed by atoms with Crippen molar-refractivity contribution in [2.45, 2.75) is 32.3 Å². The second-order valence-corrected chi connectivity index (χ2v) is 5.79. The van der Waals surface area contributed by atoms with Crippen LogP contribution in [0.1, 0.15) is 30.9 Å². The highest BCUT2D eigenvalue weighted by Crippen LogP contribution is 2.25. The maximum absolute atomic E-state index is 6.25. The van der Waals surface area contributed by atoms with E-state index in [2.05, 4.69) is 20.2 Å². The largest absolute Gasteiger partial charge is 0.316 e. The molecular weight excluding hydrogens is 311 g/mol. The van der Waals surface area contributed by atoms with Gasteiger partial charge in [0.2, 0.25) is 0 Å². The molecule has 0 aliphatic carbocycles. The first-order valence-electron chi connectivity index (χ1n) is 6.62. The highest BCUT2D eigenvalue weighted by molar-refractivity contribution is 6.31. The summed E-state index contributed by atoms with van der Waals surface area (Å²) in [7, 11) is 0. The second kappa shape index (κ2) is 5.61. The van der Waals surface area contributed by atoms with Gasteiger partial charge in [0.25, 0.3) is 0 Å². The second-order valence-electron chi connectivity index (χ2n) is 4.70. The van der Waals surface area contributed by atoms with Crippen molar-refractivity contribution in [2.24, 2.45) is 0 Å². The van der Waals surface area contributed by atoms with E-state index in [1.807, 2.05) is 23.0 Å². The Morgan fingerprint density at radius 3 is 2.90 bits per heavy atom. The number of nitrogens with zero attached hydrogens (tertiary/aromatic N) is 6. The van der Waals surface area contributed by atoms with E-state index in [0.717, 1.165) is 29.4 Å². The molecule has 0 radical (unpaired) electrons. The van der Waals surface area contributed by atoms with Crippen LogP contribution in [0.3, 0.4) is 0 Å². The molecule has 0 aromatic carbocycles. The van der Waals surface area contributed by atoms with Gasteiger partial charge in [0.1, 0.15) is 17.7 Å². The minimum absolute atomic E-state index is 0.240. The molecule has 0 saturated carbocycles. The summed E-state index contributed by atoms with van der Waals surface area (Å²) in [4.78, 5) is 8.91. The molecule has 3 aromatic rings. The molecule has 0 saturated heterocycles. The molecule has 1 atom stereocenters. The fraction of sp³-hybridized carbons (Fsp3) is 0.385. The fourth-order valence-electron chi connectivity index (χ4n) is 2.27. The Hall–Kier alpha value is -1.66. The molecule has 8 heteroatoms. The summed E-state index contributed by atoms with van der Waals surface area (Å²) in [5, 5.41) is 8.41. The average molecular weight is 325 g/mol. The van der Waals surface area contributed by atoms with Crippen molar-refractivity contribution in [3.63, 3.8) is 0 Å². The maximum Gasteiger partial charge on any atom is 0.160 e. The van der Waals surface area contributed by atoms with Gasteiger partial charge in [-0.3, -0.25) is 0 Å². The number of fused-ring (bicyclic) bond motifs is 1. The number of aryl methyl sites for hydroxylation is 1. The van der Waals surface area contributed by atoms with Crippen molar-refractivity contribution in [2.75, 3.05) is 0 Å². The van der Waals surface area contributed by atoms with Gasteiger partial charge in [0.15, 0.2) is 11.5 Å². The molecule has 1 unspecified atom stereocenters. The quantitative estimate of drug-likeness (QED) is 0.692. The van der Waals surface area contributed by atoms with E-state index in [1.165, 1.54) is 0 Å². The zero-order valence-corrected chi connectivity index (χ0v) is 13.2. The van der Waals surface area contributed by atoms with Crippen LogP contribution in [0.4, 0.5) is 0 Å². The number of imidazole rings is 1. The Bertz CT molecular complexity index is 776. The molecule has 0 amide bonds. The van der Waals surface area contributed by atoms with Crippen LogP contribution in [-0.4, -0.2) is 29.3 Å². The molecule has 21 heavy (non-hydrogen) atoms. The van der Waals surface area contributed by atoms with E-state index in [0.29, 0.717) is 11.6 Å². The van der Waals surface area contributed by atoms with Crippen molar-refractivity contribution in [1.29, 1.82) is 0 Å². The average Bonchev–Trinajstić information content (AvgIpc) is 3.03. The molecular formula is C13H14Cl2N6. The van der Waals surface area contributed by atoms with Crippen molar-refractivity contribution >= 4 is 34.4 Å². The van der Waals surface area contributed by atoms with Gasteiger partial charge in [0.05, 0.1) is 16.9 Å². The monoisotopic (exact) mass is 324 g/mol. The predicted octanol–water partition coefficient (Wildman–Crippen LogP) is 3.04. The van der Waals surface area contributed by atoms with Gasteiger partial charge in [-0.1, -0.05) is 11.6 Å². The summed E-state index contributed by atoms with van der Waals surface area (Å²) in [6, 6.07) is 1.79. The molecule has 0 fully saturated rings. The number of hydrogen-bond donors (Lipinski definition) is 0. The highest BCUT2D eigenvalue weighted by atomic mass is 35.5. The van der Waals surface area contributed by atoms with Gasteiger partial charge in [-0.25, -0.2) is 9.97 Å². The SMILES string of the molecule is CCn1cnnc1Cn1c(C(C)Cl)nc2cc(Cl)cnc21. The smallest absolute Gasteiger partial charge is 0.160 e. The van der Waals surface area contributed by atoms with Crippen LogP contribution >= 0.6 is 23.2 Å². The van der Waals surface area contributed by atoms with Gasteiger partial charge in [-0.2, -0.15) is 0 Å². The number of hydrogen-bond acceptors (Lipinski definition) is 4. The molecule has 0 spiro atoms. The topological polar surface area (TPSA) is 61.4 Å². The molecule has 0 N–H and O–H groups in total. The molecule has 3 aromatic heterocycles. The summed E-state index contributed by atoms with van der Waals surface area (Å²) in [6.45, 7) is 5.25. The van der Waals surface area contributed by atoms with Gasteiger partial charge >= 0.3 is 0 Å². The first-order valence-corrected chi connectivity index (χ1v) is 7.44. The van der Waals surface area contributed by atoms with E-state index < -0.39 is 0 Å². The number of halogens is 2. The molecule has 0 aliphatic rings. The van der Waals surface area contributed by atoms with Gasteiger partial charge in [-0.15, -0.1) is 21.8 Å². The van der Waals surface area contributed by atoms with Gasteiger partial charge in [0, 0.05) is 12.7 Å². The standard InChI is InChI=1S/C13H14Cl2N6/c1-3-20-7-17-19-11(20)6-21-12(8(2)14)18-10-4-9(15)5-16-13(10)21/h4-5,7-8H,3,6H2,1-2H3. The van der Waals surface area contributed by atoms with E-state index in [1.54, 1.807) is 18.6 Å². The van der Waals surface area contributed by atoms with Crippen LogP contribution in [0.15, 0.2) is 18.6 Å². The van der Waals surface area contributed by atoms with Crippen molar-refractivity contribution < 1.29 is 0 Å². The fourth-order valence-corrected chi connectivity index (χ4v) is 2.59. The normalized spacial score (nSPS) is 13.0. The number of aromatic nitrogens is 6. The zero-order chi connectivity index (χ0) is 15.0. The van der Waals surface area contributed by atoms with E-state index in [4.69, 9.17) is 23.2 Å². The van der Waals surface area contributed by atoms with Gasteiger partial charge in [-0.05, 0) is 19.9 Å². The third-order valence-corrected chi connectivity index (χ3v) is 3.67. The van der Waals surface area contributed by atoms with Crippen molar-refractivity contribution in [3.05, 3.63) is 35.3 Å². The van der Waals surface area contributed by atoms with Crippen LogP contribution in [0.25, 0.3) is 11.2 Å². The minimum atomic E-state index is -0.240. The van der Waals surface area contributed by atoms with Crippen LogP contribution in [0.5, 0.6) is 0 Å². The summed E-state index contributed by atoms with van der Waals surface area (Å²) in [5.74, 6) is 1.58. The Morgan fingerprint density at radius 2 is 2.19 bits per heavy atom. The Morgan fingerprint density at radius 1 is 1.38 bits per heavy atom. The molecule has 0 aliphatic heterocycles. The lowest BCUT2D eigenvalue weighted by molar-refractivity contribution is 0.637. The first kappa shape index (κ1) is 14.3. The van der Waals surface area contributed by atoms with Crippen LogP contribution in [-0.2, 0) is 13.1 Å². The zero-order valence-electron chi connectivity index (χ0n) is 11.7. The molecule has 3 heterocycles. The number of pyridine rings is 1. The molecule has 110 valence electrons. The first-order chi connectivity index (χ1) is 10.1. The van der Waals surface area contributed by atoms with Crippen molar-refractivity contribution in [3.8, 4) is 0 Å². The lowest BCUT2D eigenvalue weighted by Crippen LogP contribution is -2.11. The Kier molecular flexibility index (Phi) is 3.82. The van der Waals surface area contributed by atoms with Crippen LogP contribution in [0, 0.1) is 0 Å². The molecule has 0 bridgehead atoms. The summed E-state index contributed by atoms with van der Waals surface area (Å²) < 4.78 is 3.93. The third kappa shape index (κ3) is 2.61. The van der Waals surface area contributed by atoms with Crippen LogP contribution in [0.2, 0.25) is 5.02 Å². The van der Waals surface area contributed by atoms with Crippen molar-refractivity contribution in [1.82, 2.24) is 29.3 Å². The van der Waals surface area contributed by atoms with E-state index in [-0.39, 0.29) is 5.38 Å². The molecule has 6 nitrogen and oxygen atoms in total. The predicted molar refractivity (Wildman–Crippen MR) is 81.6 cm³/mol. The summed E-state index contributed by atoms with van der Waals surface area (Å²) >= 11 is 12.2. The third-order valence-electron chi connectivity index (χ3n) is 3.27. The molecule has 3 rings (SSSR count). The van der Waals surface area contributed by atoms with E-state index >= 15 is 0 Å². The summed E-state index contributed by atoms with van der Waals surface area (Å²) in [5.41, 5.74) is 1.47. The van der Waals surface area contributed by atoms with E-state index in [9.17, 15) is 0 Å². The number of alkyl halides is 1. The minimum Gasteiger partial charge on any atom is -0.316 e. The highest BCUT2D eigenvalue weighted by Gasteiger charge is 2.18. The Labute approximate surface area is 131 Å². The van der Waals surface area contributed by atoms with Crippen LogP contribution < -0.4 is 0 Å². The summed E-state index contributed by atoms with van der Waals surface area (Å²) in [6.07, 6.45) is 3.32. The Balaban J connectivity index is 2.13. The van der Waals surface area contributed by atoms with Gasteiger partial charge < -0.3 is 9.13 Å². The lowest BCUT2D eigenvalue weighted by atomic mass is 10.4.